The van der Waals surface area contributed by atoms with Gasteiger partial charge in [0, 0.05) is 21.4 Å². The van der Waals surface area contributed by atoms with Gasteiger partial charge in [-0.25, -0.2) is 4.98 Å². The zero-order valence-electron chi connectivity index (χ0n) is 7.12. The van der Waals surface area contributed by atoms with Crippen LogP contribution in [0.3, 0.4) is 0 Å². The van der Waals surface area contributed by atoms with Crippen LogP contribution < -0.4 is 5.73 Å². The van der Waals surface area contributed by atoms with Crippen molar-refractivity contribution in [3.63, 3.8) is 0 Å². The summed E-state index contributed by atoms with van der Waals surface area (Å²) in [5.41, 5.74) is 5.45. The zero-order valence-corrected chi connectivity index (χ0v) is 8.71. The third-order valence-corrected chi connectivity index (χ3v) is 2.52. The molecule has 1 aromatic heterocycles. The van der Waals surface area contributed by atoms with E-state index in [4.69, 9.17) is 5.73 Å². The van der Waals surface area contributed by atoms with Crippen LogP contribution in [0, 0.1) is 6.07 Å². The molecule has 1 radical (unpaired) electrons. The van der Waals surface area contributed by atoms with Gasteiger partial charge in [-0.05, 0) is 22.0 Å². The molecule has 14 heavy (non-hydrogen) atoms. The van der Waals surface area contributed by atoms with Crippen LogP contribution in [0.4, 0.5) is 0 Å². The van der Waals surface area contributed by atoms with Crippen molar-refractivity contribution in [3.8, 4) is 0 Å². The standard InChI is InChI=1S/C10H6BrN2O/c11-8-5-13-9(10(12)14)7-4-2-1-3-6(7)8/h1-3,5H,(H2,12,14). The fraction of sp³-hybridized carbons (Fsp3) is 0. The van der Waals surface area contributed by atoms with Gasteiger partial charge in [0.1, 0.15) is 5.69 Å². The summed E-state index contributed by atoms with van der Waals surface area (Å²) in [6.45, 7) is 0. The molecule has 0 unspecified atom stereocenters. The van der Waals surface area contributed by atoms with E-state index in [9.17, 15) is 4.79 Å². The Hall–Kier alpha value is -1.42. The lowest BCUT2D eigenvalue weighted by Crippen LogP contribution is -2.13. The van der Waals surface area contributed by atoms with Crippen molar-refractivity contribution in [2.75, 3.05) is 0 Å². The van der Waals surface area contributed by atoms with Gasteiger partial charge in [-0.3, -0.25) is 4.79 Å². The fourth-order valence-electron chi connectivity index (χ4n) is 1.27. The summed E-state index contributed by atoms with van der Waals surface area (Å²) in [6, 6.07) is 8.40. The maximum Gasteiger partial charge on any atom is 0.267 e. The SMILES string of the molecule is NC(=O)c1ncc(Br)c2ccc[c]c12. The molecule has 1 heterocycles. The average molecular weight is 250 g/mol. The smallest absolute Gasteiger partial charge is 0.267 e. The monoisotopic (exact) mass is 249 g/mol. The summed E-state index contributed by atoms with van der Waals surface area (Å²) in [5.74, 6) is -0.537. The highest BCUT2D eigenvalue weighted by Gasteiger charge is 2.09. The molecule has 69 valence electrons. The van der Waals surface area contributed by atoms with Crippen LogP contribution in [-0.2, 0) is 0 Å². The molecule has 0 fully saturated rings. The summed E-state index contributed by atoms with van der Waals surface area (Å²) in [4.78, 5) is 15.0. The van der Waals surface area contributed by atoms with Gasteiger partial charge in [-0.15, -0.1) is 0 Å². The van der Waals surface area contributed by atoms with Crippen molar-refractivity contribution >= 4 is 32.6 Å². The lowest BCUT2D eigenvalue weighted by molar-refractivity contribution is 0.0997. The first-order valence-corrected chi connectivity index (χ1v) is 4.74. The summed E-state index contributed by atoms with van der Waals surface area (Å²) in [5, 5.41) is 1.53. The van der Waals surface area contributed by atoms with Crippen LogP contribution in [0.15, 0.2) is 28.9 Å². The molecule has 0 bridgehead atoms. The molecule has 1 amide bonds. The highest BCUT2D eigenvalue weighted by Crippen LogP contribution is 2.24. The maximum atomic E-state index is 11.1. The zero-order chi connectivity index (χ0) is 10.1. The number of amides is 1. The average Bonchev–Trinajstić information content (AvgIpc) is 2.18. The number of rotatable bonds is 1. The molecule has 0 saturated carbocycles. The molecule has 0 aliphatic rings. The minimum atomic E-state index is -0.537. The lowest BCUT2D eigenvalue weighted by atomic mass is 10.1. The molecule has 1 aromatic carbocycles. The Morgan fingerprint density at radius 1 is 1.57 bits per heavy atom. The van der Waals surface area contributed by atoms with Crippen LogP contribution in [0.1, 0.15) is 10.5 Å². The molecule has 4 heteroatoms. The first kappa shape index (κ1) is 9.15. The minimum absolute atomic E-state index is 0.254. The van der Waals surface area contributed by atoms with Gasteiger partial charge in [-0.2, -0.15) is 0 Å². The maximum absolute atomic E-state index is 11.1. The van der Waals surface area contributed by atoms with E-state index in [0.717, 1.165) is 9.86 Å². The van der Waals surface area contributed by atoms with E-state index < -0.39 is 5.91 Å². The van der Waals surface area contributed by atoms with Gasteiger partial charge in [0.25, 0.3) is 5.91 Å². The molecule has 2 N–H and O–H groups in total. The van der Waals surface area contributed by atoms with Crippen molar-refractivity contribution < 1.29 is 4.79 Å². The Morgan fingerprint density at radius 3 is 3.07 bits per heavy atom. The van der Waals surface area contributed by atoms with Gasteiger partial charge in [-0.1, -0.05) is 18.2 Å². The van der Waals surface area contributed by atoms with Crippen LogP contribution in [-0.4, -0.2) is 10.9 Å². The van der Waals surface area contributed by atoms with Crippen molar-refractivity contribution in [3.05, 3.63) is 40.6 Å². The number of pyridine rings is 1. The van der Waals surface area contributed by atoms with E-state index in [1.807, 2.05) is 12.1 Å². The van der Waals surface area contributed by atoms with E-state index >= 15 is 0 Å². The summed E-state index contributed by atoms with van der Waals surface area (Å²) in [6.07, 6.45) is 1.57. The number of nitrogens with two attached hydrogens (primary N) is 1. The Morgan fingerprint density at radius 2 is 2.36 bits per heavy atom. The Kier molecular flexibility index (Phi) is 2.21. The Labute approximate surface area is 89.1 Å². The number of fused-ring (bicyclic) bond motifs is 1. The second-order valence-electron chi connectivity index (χ2n) is 2.78. The quantitative estimate of drug-likeness (QED) is 0.840. The molecule has 0 atom stereocenters. The number of hydrogen-bond donors (Lipinski definition) is 1. The number of aromatic nitrogens is 1. The van der Waals surface area contributed by atoms with Crippen LogP contribution in [0.2, 0.25) is 0 Å². The highest BCUT2D eigenvalue weighted by atomic mass is 79.9. The second-order valence-corrected chi connectivity index (χ2v) is 3.63. The van der Waals surface area contributed by atoms with Crippen LogP contribution >= 0.6 is 15.9 Å². The van der Waals surface area contributed by atoms with Crippen molar-refractivity contribution in [2.24, 2.45) is 5.73 Å². The Balaban J connectivity index is 2.88. The molecule has 0 aliphatic carbocycles. The van der Waals surface area contributed by atoms with E-state index in [1.54, 1.807) is 12.3 Å². The highest BCUT2D eigenvalue weighted by molar-refractivity contribution is 9.10. The van der Waals surface area contributed by atoms with Crippen molar-refractivity contribution in [1.29, 1.82) is 0 Å². The van der Waals surface area contributed by atoms with Crippen LogP contribution in [0.25, 0.3) is 10.8 Å². The summed E-state index contributed by atoms with van der Waals surface area (Å²) < 4.78 is 0.828. The van der Waals surface area contributed by atoms with E-state index in [0.29, 0.717) is 5.39 Å². The molecule has 0 aliphatic heterocycles. The van der Waals surface area contributed by atoms with Crippen molar-refractivity contribution in [1.82, 2.24) is 4.98 Å². The first-order valence-electron chi connectivity index (χ1n) is 3.95. The molecule has 2 rings (SSSR count). The molecule has 0 saturated heterocycles. The molecule has 0 spiro atoms. The summed E-state index contributed by atoms with van der Waals surface area (Å²) in [7, 11) is 0. The largest absolute Gasteiger partial charge is 0.364 e. The predicted molar refractivity (Wildman–Crippen MR) is 56.8 cm³/mol. The predicted octanol–water partition coefficient (Wildman–Crippen LogP) is 1.90. The lowest BCUT2D eigenvalue weighted by Gasteiger charge is -2.02. The molecular weight excluding hydrogens is 244 g/mol. The number of benzene rings is 1. The van der Waals surface area contributed by atoms with Gasteiger partial charge >= 0.3 is 0 Å². The topological polar surface area (TPSA) is 56.0 Å². The number of primary amides is 1. The number of carbonyl (C=O) groups excluding carboxylic acids is 1. The number of nitrogens with zero attached hydrogens (tertiary/aromatic N) is 1. The van der Waals surface area contributed by atoms with Gasteiger partial charge in [0.2, 0.25) is 0 Å². The van der Waals surface area contributed by atoms with Gasteiger partial charge in [0.15, 0.2) is 0 Å². The van der Waals surface area contributed by atoms with E-state index in [-0.39, 0.29) is 5.69 Å². The molecular formula is C10H6BrN2O. The summed E-state index contributed by atoms with van der Waals surface area (Å²) >= 11 is 3.35. The fourth-order valence-corrected chi connectivity index (χ4v) is 1.71. The van der Waals surface area contributed by atoms with E-state index in [1.165, 1.54) is 0 Å². The third-order valence-electron chi connectivity index (χ3n) is 1.89. The number of hydrogen-bond acceptors (Lipinski definition) is 2. The van der Waals surface area contributed by atoms with Crippen molar-refractivity contribution in [2.45, 2.75) is 0 Å². The number of halogens is 1. The molecule has 3 nitrogen and oxygen atoms in total. The van der Waals surface area contributed by atoms with Crippen LogP contribution in [0.5, 0.6) is 0 Å². The second kappa shape index (κ2) is 3.38. The van der Waals surface area contributed by atoms with Gasteiger partial charge < -0.3 is 5.73 Å². The first-order chi connectivity index (χ1) is 6.70. The van der Waals surface area contributed by atoms with Gasteiger partial charge in [0.05, 0.1) is 0 Å². The molecule has 2 aromatic rings. The van der Waals surface area contributed by atoms with E-state index in [2.05, 4.69) is 27.0 Å². The minimum Gasteiger partial charge on any atom is -0.364 e. The number of carbonyl (C=O) groups is 1. The normalized spacial score (nSPS) is 10.4. The Bertz CT molecular complexity index is 510. The third kappa shape index (κ3) is 1.37.